The maximum atomic E-state index is 13.9. The summed E-state index contributed by atoms with van der Waals surface area (Å²) in [5.41, 5.74) is 1.33. The second-order valence-corrected chi connectivity index (χ2v) is 7.75. The molecule has 1 fully saturated rings. The van der Waals surface area contributed by atoms with Gasteiger partial charge in [0.25, 0.3) is 0 Å². The maximum Gasteiger partial charge on any atom is 0.236 e. The summed E-state index contributed by atoms with van der Waals surface area (Å²) in [6.07, 6.45) is 1.40. The van der Waals surface area contributed by atoms with E-state index in [0.717, 1.165) is 5.69 Å². The number of nitrogens with one attached hydrogen (secondary N) is 1. The number of carbonyl (C=O) groups excluding carboxylic acids is 1. The van der Waals surface area contributed by atoms with Gasteiger partial charge in [0.1, 0.15) is 23.6 Å². The van der Waals surface area contributed by atoms with Crippen LogP contribution in [0.5, 0.6) is 0 Å². The van der Waals surface area contributed by atoms with Crippen LogP contribution in [-0.2, 0) is 16.1 Å². The van der Waals surface area contributed by atoms with Crippen molar-refractivity contribution in [3.8, 4) is 0 Å². The van der Waals surface area contributed by atoms with Gasteiger partial charge < -0.3 is 15.0 Å². The molecule has 1 atom stereocenters. The molecule has 7 nitrogen and oxygen atoms in total. The molecule has 2 aromatic heterocycles. The van der Waals surface area contributed by atoms with Gasteiger partial charge in [-0.25, -0.2) is 14.4 Å². The molecule has 0 aliphatic carbocycles. The summed E-state index contributed by atoms with van der Waals surface area (Å²) in [7, 11) is 1.82. The Balaban J connectivity index is 1.36. The average molecular weight is 436 g/mol. The van der Waals surface area contributed by atoms with Gasteiger partial charge in [0.05, 0.1) is 25.4 Å². The standard InChI is InChI=1S/C24H26FN5O2/c1-29(15-18-7-2-3-8-19(18)25)17-24(31)30-13-14-32-21(16-30)20-9-6-11-23(27-20)28-22-10-4-5-12-26-22/h2-12,21H,13-17H2,1H3,(H,26,27,28)/t21-/m1/s1. The van der Waals surface area contributed by atoms with E-state index >= 15 is 0 Å². The number of amides is 1. The van der Waals surface area contributed by atoms with Gasteiger partial charge in [0.2, 0.25) is 5.91 Å². The Morgan fingerprint density at radius 2 is 1.97 bits per heavy atom. The Labute approximate surface area is 186 Å². The number of carbonyl (C=O) groups is 1. The Kier molecular flexibility index (Phi) is 7.03. The molecule has 0 radical (unpaired) electrons. The number of nitrogens with zero attached hydrogens (tertiary/aromatic N) is 4. The van der Waals surface area contributed by atoms with Gasteiger partial charge in [0, 0.05) is 24.8 Å². The predicted octanol–water partition coefficient (Wildman–Crippen LogP) is 3.39. The summed E-state index contributed by atoms with van der Waals surface area (Å²) in [5.74, 6) is 1.10. The quantitative estimate of drug-likeness (QED) is 0.614. The van der Waals surface area contributed by atoms with Gasteiger partial charge in [-0.2, -0.15) is 0 Å². The van der Waals surface area contributed by atoms with E-state index in [1.165, 1.54) is 6.07 Å². The Morgan fingerprint density at radius 3 is 2.78 bits per heavy atom. The molecule has 1 amide bonds. The molecule has 8 heteroatoms. The van der Waals surface area contributed by atoms with Crippen LogP contribution >= 0.6 is 0 Å². The molecule has 32 heavy (non-hydrogen) atoms. The highest BCUT2D eigenvalue weighted by Crippen LogP contribution is 2.23. The molecule has 166 valence electrons. The monoisotopic (exact) mass is 435 g/mol. The number of anilines is 2. The van der Waals surface area contributed by atoms with Crippen LogP contribution in [0.25, 0.3) is 0 Å². The predicted molar refractivity (Wildman–Crippen MR) is 120 cm³/mol. The maximum absolute atomic E-state index is 13.9. The summed E-state index contributed by atoms with van der Waals surface area (Å²) in [4.78, 5) is 25.4. The fourth-order valence-electron chi connectivity index (χ4n) is 3.63. The number of benzene rings is 1. The average Bonchev–Trinajstić information content (AvgIpc) is 2.81. The van der Waals surface area contributed by atoms with Crippen LogP contribution in [0.4, 0.5) is 16.0 Å². The van der Waals surface area contributed by atoms with E-state index in [0.29, 0.717) is 43.4 Å². The minimum Gasteiger partial charge on any atom is -0.368 e. The van der Waals surface area contributed by atoms with E-state index in [1.54, 1.807) is 29.3 Å². The molecule has 0 unspecified atom stereocenters. The van der Waals surface area contributed by atoms with E-state index in [1.807, 2.05) is 48.3 Å². The normalized spacial score (nSPS) is 16.2. The largest absolute Gasteiger partial charge is 0.368 e. The lowest BCUT2D eigenvalue weighted by Crippen LogP contribution is -2.46. The second kappa shape index (κ2) is 10.3. The lowest BCUT2D eigenvalue weighted by molar-refractivity contribution is -0.140. The van der Waals surface area contributed by atoms with Crippen molar-refractivity contribution in [3.63, 3.8) is 0 Å². The topological polar surface area (TPSA) is 70.6 Å². The van der Waals surface area contributed by atoms with Crippen LogP contribution in [0.2, 0.25) is 0 Å². The van der Waals surface area contributed by atoms with Crippen molar-refractivity contribution >= 4 is 17.5 Å². The van der Waals surface area contributed by atoms with Crippen LogP contribution in [0.3, 0.4) is 0 Å². The second-order valence-electron chi connectivity index (χ2n) is 7.75. The molecule has 0 spiro atoms. The molecule has 4 rings (SSSR count). The zero-order valence-corrected chi connectivity index (χ0v) is 17.9. The van der Waals surface area contributed by atoms with Crippen molar-refractivity contribution in [2.24, 2.45) is 0 Å². The van der Waals surface area contributed by atoms with E-state index in [4.69, 9.17) is 4.74 Å². The number of hydrogen-bond donors (Lipinski definition) is 1. The molecule has 0 saturated carbocycles. The van der Waals surface area contributed by atoms with Gasteiger partial charge >= 0.3 is 0 Å². The van der Waals surface area contributed by atoms with Crippen molar-refractivity contribution in [3.05, 3.63) is 83.9 Å². The number of rotatable bonds is 7. The number of ether oxygens (including phenoxy) is 1. The lowest BCUT2D eigenvalue weighted by atomic mass is 10.1. The van der Waals surface area contributed by atoms with Gasteiger partial charge in [0.15, 0.2) is 0 Å². The van der Waals surface area contributed by atoms with Crippen molar-refractivity contribution in [1.29, 1.82) is 0 Å². The minimum absolute atomic E-state index is 0.0140. The summed E-state index contributed by atoms with van der Waals surface area (Å²) >= 11 is 0. The van der Waals surface area contributed by atoms with Crippen LogP contribution in [0.1, 0.15) is 17.4 Å². The number of hydrogen-bond acceptors (Lipinski definition) is 6. The van der Waals surface area contributed by atoms with Crippen molar-refractivity contribution < 1.29 is 13.9 Å². The fourth-order valence-corrected chi connectivity index (χ4v) is 3.63. The number of morpholine rings is 1. The number of aromatic nitrogens is 2. The zero-order valence-electron chi connectivity index (χ0n) is 17.9. The van der Waals surface area contributed by atoms with Crippen LogP contribution in [-0.4, -0.2) is 59.0 Å². The molecule has 1 saturated heterocycles. The van der Waals surface area contributed by atoms with Crippen molar-refractivity contribution in [2.75, 3.05) is 38.6 Å². The van der Waals surface area contributed by atoms with Crippen molar-refractivity contribution in [2.45, 2.75) is 12.6 Å². The number of pyridine rings is 2. The number of likely N-dealkylation sites (N-methyl/N-ethyl adjacent to an activating group) is 1. The first-order valence-corrected chi connectivity index (χ1v) is 10.5. The third kappa shape index (κ3) is 5.66. The Bertz CT molecular complexity index is 1050. The summed E-state index contributed by atoms with van der Waals surface area (Å²) in [6, 6.07) is 17.9. The van der Waals surface area contributed by atoms with Crippen LogP contribution < -0.4 is 5.32 Å². The fraction of sp³-hybridized carbons (Fsp3) is 0.292. The zero-order chi connectivity index (χ0) is 22.3. The molecule has 3 heterocycles. The van der Waals surface area contributed by atoms with E-state index in [9.17, 15) is 9.18 Å². The summed E-state index contributed by atoms with van der Waals surface area (Å²) < 4.78 is 19.8. The molecular formula is C24H26FN5O2. The van der Waals surface area contributed by atoms with Gasteiger partial charge in [-0.3, -0.25) is 9.69 Å². The Hall–Kier alpha value is -3.36. The first-order valence-electron chi connectivity index (χ1n) is 10.5. The lowest BCUT2D eigenvalue weighted by Gasteiger charge is -2.33. The van der Waals surface area contributed by atoms with Gasteiger partial charge in [-0.05, 0) is 37.4 Å². The minimum atomic E-state index is -0.310. The van der Waals surface area contributed by atoms with E-state index in [-0.39, 0.29) is 24.4 Å². The highest BCUT2D eigenvalue weighted by molar-refractivity contribution is 5.78. The Morgan fingerprint density at radius 1 is 1.16 bits per heavy atom. The van der Waals surface area contributed by atoms with E-state index < -0.39 is 0 Å². The molecule has 1 N–H and O–H groups in total. The molecule has 3 aromatic rings. The summed E-state index contributed by atoms with van der Waals surface area (Å²) in [5, 5.41) is 3.18. The SMILES string of the molecule is CN(CC(=O)N1CCO[C@@H](c2cccc(Nc3ccccn3)n2)C1)Cc1ccccc1F. The smallest absolute Gasteiger partial charge is 0.236 e. The van der Waals surface area contributed by atoms with Crippen LogP contribution in [0, 0.1) is 5.82 Å². The molecule has 1 aliphatic heterocycles. The third-order valence-corrected chi connectivity index (χ3v) is 5.24. The first-order chi connectivity index (χ1) is 15.6. The molecule has 0 bridgehead atoms. The van der Waals surface area contributed by atoms with E-state index in [2.05, 4.69) is 15.3 Å². The summed E-state index contributed by atoms with van der Waals surface area (Å²) in [6.45, 7) is 1.96. The first kappa shape index (κ1) is 21.9. The third-order valence-electron chi connectivity index (χ3n) is 5.24. The molecule has 1 aromatic carbocycles. The van der Waals surface area contributed by atoms with Crippen LogP contribution in [0.15, 0.2) is 66.9 Å². The number of halogens is 1. The van der Waals surface area contributed by atoms with Gasteiger partial charge in [-0.15, -0.1) is 0 Å². The highest BCUT2D eigenvalue weighted by Gasteiger charge is 2.27. The molecule has 1 aliphatic rings. The highest BCUT2D eigenvalue weighted by atomic mass is 19.1. The molecular weight excluding hydrogens is 409 g/mol. The van der Waals surface area contributed by atoms with Crippen molar-refractivity contribution in [1.82, 2.24) is 19.8 Å². The van der Waals surface area contributed by atoms with Gasteiger partial charge in [-0.1, -0.05) is 30.3 Å².